The van der Waals surface area contributed by atoms with Crippen molar-refractivity contribution in [2.45, 2.75) is 32.5 Å². The molecule has 1 aliphatic rings. The maximum absolute atomic E-state index is 12.8. The summed E-state index contributed by atoms with van der Waals surface area (Å²) in [5.41, 5.74) is 3.36. The van der Waals surface area contributed by atoms with Gasteiger partial charge in [-0.2, -0.15) is 5.10 Å². The zero-order valence-corrected chi connectivity index (χ0v) is 15.4. The molecule has 0 aliphatic carbocycles. The summed E-state index contributed by atoms with van der Waals surface area (Å²) < 4.78 is 7.81. The van der Waals surface area contributed by atoms with Gasteiger partial charge in [-0.1, -0.05) is 48.5 Å². The molecule has 2 aromatic carbocycles. The van der Waals surface area contributed by atoms with E-state index in [0.29, 0.717) is 25.4 Å². The molecule has 0 fully saturated rings. The Hall–Kier alpha value is -3.08. The van der Waals surface area contributed by atoms with Crippen molar-refractivity contribution in [1.82, 2.24) is 14.7 Å². The molecule has 0 N–H and O–H groups in total. The van der Waals surface area contributed by atoms with Crippen molar-refractivity contribution in [2.24, 2.45) is 0 Å². The minimum absolute atomic E-state index is 0.0101. The van der Waals surface area contributed by atoms with Gasteiger partial charge in [0, 0.05) is 13.0 Å². The number of hydrogen-bond acceptors (Lipinski definition) is 3. The second-order valence-electron chi connectivity index (χ2n) is 6.85. The number of amides is 1. The number of fused-ring (bicyclic) bond motifs is 1. The first kappa shape index (κ1) is 17.3. The molecule has 0 saturated heterocycles. The number of ether oxygens (including phenoxy) is 1. The van der Waals surface area contributed by atoms with E-state index in [1.54, 1.807) is 0 Å². The number of rotatable bonds is 5. The van der Waals surface area contributed by atoms with Gasteiger partial charge in [0.2, 0.25) is 0 Å². The largest absolute Gasteiger partial charge is 0.481 e. The molecule has 4 rings (SSSR count). The molecule has 5 heteroatoms. The highest BCUT2D eigenvalue weighted by Gasteiger charge is 2.26. The topological polar surface area (TPSA) is 47.4 Å². The molecule has 138 valence electrons. The van der Waals surface area contributed by atoms with Crippen molar-refractivity contribution >= 4 is 5.91 Å². The number of nitrogens with zero attached hydrogens (tertiary/aromatic N) is 3. The smallest absolute Gasteiger partial charge is 0.263 e. The SMILES string of the molecule is CC(Oc1ccccc1)C(=O)N1CCn2nc(Cc3ccccc3)cc2C1. The van der Waals surface area contributed by atoms with E-state index in [0.717, 1.165) is 17.8 Å². The van der Waals surface area contributed by atoms with E-state index in [1.165, 1.54) is 5.56 Å². The third kappa shape index (κ3) is 4.03. The van der Waals surface area contributed by atoms with Crippen LogP contribution in [0, 0.1) is 0 Å². The number of carbonyl (C=O) groups excluding carboxylic acids is 1. The van der Waals surface area contributed by atoms with E-state index in [2.05, 4.69) is 18.2 Å². The lowest BCUT2D eigenvalue weighted by molar-refractivity contribution is -0.139. The number of benzene rings is 2. The molecule has 1 aromatic heterocycles. The Morgan fingerprint density at radius 3 is 2.52 bits per heavy atom. The Kier molecular flexibility index (Phi) is 4.92. The lowest BCUT2D eigenvalue weighted by Gasteiger charge is -2.30. The number of carbonyl (C=O) groups is 1. The van der Waals surface area contributed by atoms with Crippen molar-refractivity contribution in [3.8, 4) is 5.75 Å². The van der Waals surface area contributed by atoms with Crippen molar-refractivity contribution in [1.29, 1.82) is 0 Å². The van der Waals surface area contributed by atoms with Gasteiger partial charge in [-0.15, -0.1) is 0 Å². The Morgan fingerprint density at radius 2 is 1.78 bits per heavy atom. The summed E-state index contributed by atoms with van der Waals surface area (Å²) in [5, 5.41) is 4.70. The van der Waals surface area contributed by atoms with E-state index in [9.17, 15) is 4.79 Å². The van der Waals surface area contributed by atoms with Gasteiger partial charge in [0.05, 0.1) is 24.5 Å². The summed E-state index contributed by atoms with van der Waals surface area (Å²) in [6.07, 6.45) is 0.299. The summed E-state index contributed by atoms with van der Waals surface area (Å²) in [7, 11) is 0. The highest BCUT2D eigenvalue weighted by atomic mass is 16.5. The van der Waals surface area contributed by atoms with E-state index in [4.69, 9.17) is 9.84 Å². The third-order valence-corrected chi connectivity index (χ3v) is 4.79. The molecule has 3 aromatic rings. The van der Waals surface area contributed by atoms with E-state index in [-0.39, 0.29) is 5.91 Å². The fourth-order valence-corrected chi connectivity index (χ4v) is 3.42. The van der Waals surface area contributed by atoms with Crippen LogP contribution in [-0.4, -0.2) is 33.2 Å². The van der Waals surface area contributed by atoms with Crippen LogP contribution in [0.3, 0.4) is 0 Å². The zero-order valence-electron chi connectivity index (χ0n) is 15.4. The molecule has 0 bridgehead atoms. The summed E-state index contributed by atoms with van der Waals surface area (Å²) in [4.78, 5) is 14.6. The first-order chi connectivity index (χ1) is 13.2. The Balaban J connectivity index is 1.41. The summed E-state index contributed by atoms with van der Waals surface area (Å²) in [5.74, 6) is 0.724. The highest BCUT2D eigenvalue weighted by molar-refractivity contribution is 5.81. The van der Waals surface area contributed by atoms with E-state index < -0.39 is 6.10 Å². The van der Waals surface area contributed by atoms with Crippen LogP contribution in [0.15, 0.2) is 66.7 Å². The summed E-state index contributed by atoms with van der Waals surface area (Å²) in [6.45, 7) is 3.75. The van der Waals surface area contributed by atoms with Crippen molar-refractivity contribution in [3.63, 3.8) is 0 Å². The van der Waals surface area contributed by atoms with Gasteiger partial charge in [-0.05, 0) is 30.7 Å². The van der Waals surface area contributed by atoms with Gasteiger partial charge in [0.25, 0.3) is 5.91 Å². The van der Waals surface area contributed by atoms with Crippen LogP contribution < -0.4 is 4.74 Å². The lowest BCUT2D eigenvalue weighted by Crippen LogP contribution is -2.44. The fraction of sp³-hybridized carbons (Fsp3) is 0.273. The van der Waals surface area contributed by atoms with Crippen LogP contribution in [0.1, 0.15) is 23.9 Å². The minimum atomic E-state index is -0.509. The maximum Gasteiger partial charge on any atom is 0.263 e. The van der Waals surface area contributed by atoms with E-state index >= 15 is 0 Å². The molecule has 27 heavy (non-hydrogen) atoms. The van der Waals surface area contributed by atoms with Gasteiger partial charge < -0.3 is 9.64 Å². The fourth-order valence-electron chi connectivity index (χ4n) is 3.42. The lowest BCUT2D eigenvalue weighted by atomic mass is 10.1. The predicted octanol–water partition coefficient (Wildman–Crippen LogP) is 3.28. The van der Waals surface area contributed by atoms with Crippen molar-refractivity contribution in [2.75, 3.05) is 6.54 Å². The van der Waals surface area contributed by atoms with Crippen LogP contribution in [0.2, 0.25) is 0 Å². The van der Waals surface area contributed by atoms with Crippen LogP contribution in [0.5, 0.6) is 5.75 Å². The molecule has 1 amide bonds. The van der Waals surface area contributed by atoms with Crippen LogP contribution in [0.4, 0.5) is 0 Å². The van der Waals surface area contributed by atoms with Gasteiger partial charge in [0.15, 0.2) is 6.10 Å². The molecule has 1 unspecified atom stereocenters. The number of hydrogen-bond donors (Lipinski definition) is 0. The maximum atomic E-state index is 12.8. The van der Waals surface area contributed by atoms with Gasteiger partial charge in [0.1, 0.15) is 5.75 Å². The van der Waals surface area contributed by atoms with Gasteiger partial charge >= 0.3 is 0 Å². The molecular formula is C22H23N3O2. The molecule has 0 radical (unpaired) electrons. The van der Waals surface area contributed by atoms with Crippen LogP contribution in [-0.2, 0) is 24.3 Å². The summed E-state index contributed by atoms with van der Waals surface area (Å²) in [6, 6.07) is 21.9. The average Bonchev–Trinajstić information content (AvgIpc) is 3.10. The standard InChI is InChI=1S/C22H23N3O2/c1-17(27-21-10-6-3-7-11-21)22(26)24-12-13-25-20(16-24)15-19(23-25)14-18-8-4-2-5-9-18/h2-11,15,17H,12-14,16H2,1H3. The predicted molar refractivity (Wildman–Crippen MR) is 103 cm³/mol. The van der Waals surface area contributed by atoms with Crippen LogP contribution in [0.25, 0.3) is 0 Å². The number of para-hydroxylation sites is 1. The minimum Gasteiger partial charge on any atom is -0.481 e. The first-order valence-corrected chi connectivity index (χ1v) is 9.29. The average molecular weight is 361 g/mol. The number of aromatic nitrogens is 2. The van der Waals surface area contributed by atoms with Crippen LogP contribution >= 0.6 is 0 Å². The van der Waals surface area contributed by atoms with Gasteiger partial charge in [-0.25, -0.2) is 0 Å². The Bertz CT molecular complexity index is 906. The first-order valence-electron chi connectivity index (χ1n) is 9.29. The molecule has 0 saturated carbocycles. The van der Waals surface area contributed by atoms with Crippen molar-refractivity contribution < 1.29 is 9.53 Å². The third-order valence-electron chi connectivity index (χ3n) is 4.79. The van der Waals surface area contributed by atoms with Crippen molar-refractivity contribution in [3.05, 3.63) is 83.7 Å². The normalized spacial score (nSPS) is 14.5. The molecule has 1 aliphatic heterocycles. The molecular weight excluding hydrogens is 338 g/mol. The summed E-state index contributed by atoms with van der Waals surface area (Å²) >= 11 is 0. The second-order valence-corrected chi connectivity index (χ2v) is 6.85. The Labute approximate surface area is 159 Å². The molecule has 2 heterocycles. The Morgan fingerprint density at radius 1 is 1.07 bits per heavy atom. The van der Waals surface area contributed by atoms with Gasteiger partial charge in [-0.3, -0.25) is 9.48 Å². The molecule has 1 atom stereocenters. The highest BCUT2D eigenvalue weighted by Crippen LogP contribution is 2.18. The molecule has 5 nitrogen and oxygen atoms in total. The quantitative estimate of drug-likeness (QED) is 0.701. The van der Waals surface area contributed by atoms with E-state index in [1.807, 2.05) is 65.0 Å². The zero-order chi connectivity index (χ0) is 18.6. The second kappa shape index (κ2) is 7.66. The molecule has 0 spiro atoms. The monoisotopic (exact) mass is 361 g/mol.